The van der Waals surface area contributed by atoms with Crippen LogP contribution in [0.25, 0.3) is 11.1 Å². The van der Waals surface area contributed by atoms with Crippen molar-refractivity contribution < 1.29 is 24.1 Å². The number of phenols is 1. The summed E-state index contributed by atoms with van der Waals surface area (Å²) >= 11 is 1.60. The van der Waals surface area contributed by atoms with Crippen molar-refractivity contribution in [3.05, 3.63) is 52.2 Å². The Morgan fingerprint density at radius 3 is 2.48 bits per heavy atom. The molecule has 1 aliphatic rings. The van der Waals surface area contributed by atoms with Gasteiger partial charge < -0.3 is 24.6 Å². The van der Waals surface area contributed by atoms with Crippen molar-refractivity contribution >= 4 is 22.9 Å². The van der Waals surface area contributed by atoms with E-state index in [2.05, 4.69) is 5.32 Å². The van der Waals surface area contributed by atoms with Crippen LogP contribution in [0.4, 0.5) is 5.69 Å². The van der Waals surface area contributed by atoms with Crippen LogP contribution >= 0.6 is 11.3 Å². The molecule has 6 nitrogen and oxygen atoms in total. The third-order valence-corrected chi connectivity index (χ3v) is 6.19. The zero-order chi connectivity index (χ0) is 20.5. The van der Waals surface area contributed by atoms with E-state index < -0.39 is 0 Å². The molecule has 0 unspecified atom stereocenters. The second-order valence-electron chi connectivity index (χ2n) is 6.69. The van der Waals surface area contributed by atoms with Crippen LogP contribution in [-0.4, -0.2) is 32.3 Å². The number of carbonyl (C=O) groups is 1. The summed E-state index contributed by atoms with van der Waals surface area (Å²) < 4.78 is 16.0. The lowest BCUT2D eigenvalue weighted by Crippen LogP contribution is -2.22. The van der Waals surface area contributed by atoms with Gasteiger partial charge in [0.25, 0.3) is 0 Å². The fourth-order valence-corrected chi connectivity index (χ4v) is 4.78. The van der Waals surface area contributed by atoms with Crippen molar-refractivity contribution in [2.75, 3.05) is 26.6 Å². The molecule has 0 bridgehead atoms. The van der Waals surface area contributed by atoms with E-state index in [0.717, 1.165) is 27.3 Å². The van der Waals surface area contributed by atoms with Crippen LogP contribution in [0.5, 0.6) is 23.0 Å². The molecule has 0 spiro atoms. The van der Waals surface area contributed by atoms with Crippen LogP contribution in [0.15, 0.2) is 41.8 Å². The number of hydrogen-bond donors (Lipinski definition) is 2. The maximum absolute atomic E-state index is 12.5. The molecule has 0 radical (unpaired) electrons. The minimum atomic E-state index is -0.104. The van der Waals surface area contributed by atoms with Gasteiger partial charge >= 0.3 is 0 Å². The average molecular weight is 411 g/mol. The summed E-state index contributed by atoms with van der Waals surface area (Å²) in [6.07, 6.45) is 0.340. The van der Waals surface area contributed by atoms with E-state index in [1.807, 2.05) is 29.6 Å². The molecule has 7 heteroatoms. The molecule has 1 atom stereocenters. The van der Waals surface area contributed by atoms with Gasteiger partial charge in [0, 0.05) is 28.2 Å². The highest BCUT2D eigenvalue weighted by atomic mass is 32.1. The smallest absolute Gasteiger partial charge is 0.225 e. The van der Waals surface area contributed by atoms with Crippen molar-refractivity contribution in [3.8, 4) is 34.1 Å². The highest BCUT2D eigenvalue weighted by Gasteiger charge is 2.31. The van der Waals surface area contributed by atoms with Crippen molar-refractivity contribution in [1.82, 2.24) is 0 Å². The number of phenolic OH excluding ortho intramolecular Hbond substituents is 1. The summed E-state index contributed by atoms with van der Waals surface area (Å²) in [4.78, 5) is 13.6. The minimum absolute atomic E-state index is 0.0466. The largest absolute Gasteiger partial charge is 0.504 e. The number of thiophene rings is 1. The zero-order valence-electron chi connectivity index (χ0n) is 16.3. The van der Waals surface area contributed by atoms with Gasteiger partial charge in [0.2, 0.25) is 5.91 Å². The van der Waals surface area contributed by atoms with Gasteiger partial charge in [0.05, 0.1) is 27.0 Å². The monoisotopic (exact) mass is 411 g/mol. The van der Waals surface area contributed by atoms with E-state index in [1.165, 1.54) is 7.11 Å². The first-order valence-corrected chi connectivity index (χ1v) is 9.94. The summed E-state index contributed by atoms with van der Waals surface area (Å²) in [6.45, 7) is 0. The molecule has 29 heavy (non-hydrogen) atoms. The summed E-state index contributed by atoms with van der Waals surface area (Å²) in [5.74, 6) is 1.60. The molecular weight excluding hydrogens is 390 g/mol. The summed E-state index contributed by atoms with van der Waals surface area (Å²) in [5, 5.41) is 15.0. The molecule has 3 aromatic rings. The molecule has 1 aromatic heterocycles. The summed E-state index contributed by atoms with van der Waals surface area (Å²) in [5.41, 5.74) is 3.62. The van der Waals surface area contributed by atoms with Crippen LogP contribution in [0.3, 0.4) is 0 Å². The fourth-order valence-electron chi connectivity index (χ4n) is 3.62. The molecule has 0 saturated heterocycles. The predicted octanol–water partition coefficient (Wildman–Crippen LogP) is 4.62. The van der Waals surface area contributed by atoms with Gasteiger partial charge in [-0.25, -0.2) is 0 Å². The summed E-state index contributed by atoms with van der Waals surface area (Å²) in [7, 11) is 4.71. The molecule has 2 N–H and O–H groups in total. The van der Waals surface area contributed by atoms with Crippen LogP contribution in [0.2, 0.25) is 0 Å². The lowest BCUT2D eigenvalue weighted by molar-refractivity contribution is -0.116. The molecule has 2 heterocycles. The number of aromatic hydroxyl groups is 1. The standard InChI is InChI=1S/C22H21NO5S/c1-26-17-7-5-13(9-19(17)28-3)15-11-29-22-14(10-20(25)23-21(15)22)12-4-6-16(24)18(8-12)27-2/h4-9,11,14,24H,10H2,1-3H3,(H,23,25)/t14-/m0/s1. The van der Waals surface area contributed by atoms with Gasteiger partial charge in [-0.15, -0.1) is 11.3 Å². The molecule has 0 fully saturated rings. The molecule has 4 rings (SSSR count). The van der Waals surface area contributed by atoms with Crippen LogP contribution in [0.1, 0.15) is 22.8 Å². The Hall–Kier alpha value is -3.19. The zero-order valence-corrected chi connectivity index (χ0v) is 17.1. The van der Waals surface area contributed by atoms with Gasteiger partial charge in [0.15, 0.2) is 23.0 Å². The minimum Gasteiger partial charge on any atom is -0.504 e. The Bertz CT molecular complexity index is 1080. The number of ether oxygens (including phenoxy) is 3. The van der Waals surface area contributed by atoms with Gasteiger partial charge in [-0.2, -0.15) is 0 Å². The topological polar surface area (TPSA) is 77.0 Å². The normalized spacial score (nSPS) is 15.4. The average Bonchev–Trinajstić information content (AvgIpc) is 3.16. The number of anilines is 1. The quantitative estimate of drug-likeness (QED) is 0.641. The third kappa shape index (κ3) is 3.38. The highest BCUT2D eigenvalue weighted by Crippen LogP contribution is 2.48. The van der Waals surface area contributed by atoms with Crippen molar-refractivity contribution in [2.24, 2.45) is 0 Å². The first kappa shape index (κ1) is 19.1. The Labute approximate surface area is 172 Å². The SMILES string of the molecule is COc1cc([C@@H]2CC(=O)Nc3c(-c4ccc(OC)c(OC)c4)csc32)ccc1O. The first-order valence-electron chi connectivity index (χ1n) is 9.06. The Morgan fingerprint density at radius 2 is 1.76 bits per heavy atom. The maximum atomic E-state index is 12.5. The number of carbonyl (C=O) groups excluding carboxylic acids is 1. The number of methoxy groups -OCH3 is 3. The van der Waals surface area contributed by atoms with Crippen molar-refractivity contribution in [3.63, 3.8) is 0 Å². The van der Waals surface area contributed by atoms with Crippen LogP contribution in [-0.2, 0) is 4.79 Å². The van der Waals surface area contributed by atoms with E-state index in [-0.39, 0.29) is 17.6 Å². The molecule has 2 aromatic carbocycles. The van der Waals surface area contributed by atoms with Crippen LogP contribution in [0, 0.1) is 0 Å². The lowest BCUT2D eigenvalue weighted by Gasteiger charge is -2.24. The third-order valence-electron chi connectivity index (χ3n) is 5.09. The van der Waals surface area contributed by atoms with E-state index in [0.29, 0.717) is 23.7 Å². The van der Waals surface area contributed by atoms with Crippen molar-refractivity contribution in [1.29, 1.82) is 0 Å². The molecule has 1 aliphatic heterocycles. The molecular formula is C22H21NO5S. The van der Waals surface area contributed by atoms with E-state index in [4.69, 9.17) is 14.2 Å². The second-order valence-corrected chi connectivity index (χ2v) is 7.61. The van der Waals surface area contributed by atoms with E-state index in [9.17, 15) is 9.90 Å². The van der Waals surface area contributed by atoms with Gasteiger partial charge in [-0.05, 0) is 35.4 Å². The molecule has 0 aliphatic carbocycles. The molecule has 1 amide bonds. The number of fused-ring (bicyclic) bond motifs is 1. The van der Waals surface area contributed by atoms with Crippen molar-refractivity contribution in [2.45, 2.75) is 12.3 Å². The fraction of sp³-hybridized carbons (Fsp3) is 0.227. The second kappa shape index (κ2) is 7.67. The Kier molecular flexibility index (Phi) is 5.07. The number of benzene rings is 2. The van der Waals surface area contributed by atoms with Gasteiger partial charge in [0.1, 0.15) is 0 Å². The summed E-state index contributed by atoms with van der Waals surface area (Å²) in [6, 6.07) is 10.9. The lowest BCUT2D eigenvalue weighted by atomic mass is 9.89. The van der Waals surface area contributed by atoms with Gasteiger partial charge in [-0.1, -0.05) is 12.1 Å². The van der Waals surface area contributed by atoms with Crippen LogP contribution < -0.4 is 19.5 Å². The molecule has 0 saturated carbocycles. The van der Waals surface area contributed by atoms with Gasteiger partial charge in [-0.3, -0.25) is 4.79 Å². The number of rotatable bonds is 5. The Morgan fingerprint density at radius 1 is 1.00 bits per heavy atom. The highest BCUT2D eigenvalue weighted by molar-refractivity contribution is 7.11. The first-order chi connectivity index (χ1) is 14.0. The maximum Gasteiger partial charge on any atom is 0.225 e. The predicted molar refractivity (Wildman–Crippen MR) is 113 cm³/mol. The Balaban J connectivity index is 1.79. The number of hydrogen-bond acceptors (Lipinski definition) is 6. The number of amides is 1. The van der Waals surface area contributed by atoms with E-state index >= 15 is 0 Å². The van der Waals surface area contributed by atoms with E-state index in [1.54, 1.807) is 37.7 Å². The molecule has 150 valence electrons. The number of nitrogens with one attached hydrogen (secondary N) is 1.